The number of hydrogen-bond acceptors (Lipinski definition) is 6. The van der Waals surface area contributed by atoms with Gasteiger partial charge >= 0.3 is 0 Å². The molecule has 0 aromatic heterocycles. The summed E-state index contributed by atoms with van der Waals surface area (Å²) >= 11 is 0. The van der Waals surface area contributed by atoms with E-state index >= 15 is 0 Å². The predicted molar refractivity (Wildman–Crippen MR) is 120 cm³/mol. The van der Waals surface area contributed by atoms with Gasteiger partial charge in [0.1, 0.15) is 5.69 Å². The van der Waals surface area contributed by atoms with Crippen LogP contribution in [0.5, 0.6) is 0 Å². The fraction of sp³-hybridized carbons (Fsp3) is 0.417. The number of ether oxygens (including phenoxy) is 1. The molecule has 0 saturated carbocycles. The maximum Gasteiger partial charge on any atom is 0.293 e. The zero-order valence-corrected chi connectivity index (χ0v) is 17.9. The Labute approximate surface area is 186 Å². The van der Waals surface area contributed by atoms with Gasteiger partial charge in [0.05, 0.1) is 17.6 Å². The molecule has 2 heterocycles. The van der Waals surface area contributed by atoms with Crippen LogP contribution in [0.3, 0.4) is 0 Å². The molecule has 32 heavy (non-hydrogen) atoms. The van der Waals surface area contributed by atoms with Gasteiger partial charge in [-0.1, -0.05) is 30.3 Å². The van der Waals surface area contributed by atoms with E-state index in [9.17, 15) is 19.7 Å². The first-order chi connectivity index (χ1) is 15.5. The summed E-state index contributed by atoms with van der Waals surface area (Å²) < 4.78 is 5.74. The van der Waals surface area contributed by atoms with Crippen molar-refractivity contribution in [3.05, 3.63) is 69.8 Å². The summed E-state index contributed by atoms with van der Waals surface area (Å²) in [5, 5.41) is 12.0. The molecule has 0 aliphatic carbocycles. The number of hydrogen-bond donors (Lipinski definition) is 0. The van der Waals surface area contributed by atoms with E-state index in [2.05, 4.69) is 0 Å². The topological polar surface area (TPSA) is 93.0 Å². The summed E-state index contributed by atoms with van der Waals surface area (Å²) in [6.45, 7) is 2.54. The Morgan fingerprint density at radius 2 is 1.81 bits per heavy atom. The molecule has 0 spiro atoms. The standard InChI is InChI=1S/C24H27N3O5/c28-23(25-12-4-5-13-25)17-26(16-20-9-6-14-32-20)21-11-10-19(15-22(21)27(30)31)24(29)18-7-2-1-3-8-18/h1-3,7-8,10-11,15,20H,4-6,9,12-14,16-17H2/t20-/m0/s1. The third kappa shape index (κ3) is 4.96. The van der Waals surface area contributed by atoms with Crippen LogP contribution in [0.2, 0.25) is 0 Å². The lowest BCUT2D eigenvalue weighted by Crippen LogP contribution is -2.42. The smallest absolute Gasteiger partial charge is 0.293 e. The van der Waals surface area contributed by atoms with Crippen LogP contribution in [0, 0.1) is 10.1 Å². The van der Waals surface area contributed by atoms with Crippen LogP contribution in [0.25, 0.3) is 0 Å². The summed E-state index contributed by atoms with van der Waals surface area (Å²) in [7, 11) is 0. The second-order valence-corrected chi connectivity index (χ2v) is 8.26. The fourth-order valence-electron chi connectivity index (χ4n) is 4.35. The monoisotopic (exact) mass is 437 g/mol. The van der Waals surface area contributed by atoms with Crippen molar-refractivity contribution in [3.8, 4) is 0 Å². The molecule has 2 aromatic rings. The Bertz CT molecular complexity index is 982. The normalized spacial score (nSPS) is 18.0. The Hall–Kier alpha value is -3.26. The van der Waals surface area contributed by atoms with Crippen molar-refractivity contribution < 1.29 is 19.2 Å². The summed E-state index contributed by atoms with van der Waals surface area (Å²) in [4.78, 5) is 40.7. The van der Waals surface area contributed by atoms with E-state index in [1.54, 1.807) is 41.3 Å². The van der Waals surface area contributed by atoms with E-state index in [1.807, 2.05) is 11.0 Å². The van der Waals surface area contributed by atoms with Crippen LogP contribution in [-0.4, -0.2) is 60.4 Å². The third-order valence-corrected chi connectivity index (χ3v) is 6.04. The second-order valence-electron chi connectivity index (χ2n) is 8.26. The lowest BCUT2D eigenvalue weighted by molar-refractivity contribution is -0.384. The highest BCUT2D eigenvalue weighted by Gasteiger charge is 2.29. The summed E-state index contributed by atoms with van der Waals surface area (Å²) in [6, 6.07) is 13.2. The van der Waals surface area contributed by atoms with Gasteiger partial charge in [-0.05, 0) is 37.8 Å². The van der Waals surface area contributed by atoms with Crippen LogP contribution < -0.4 is 4.90 Å². The maximum atomic E-state index is 12.9. The number of carbonyl (C=O) groups excluding carboxylic acids is 2. The Balaban J connectivity index is 1.64. The first kappa shape index (κ1) is 22.0. The van der Waals surface area contributed by atoms with E-state index < -0.39 is 4.92 Å². The second kappa shape index (κ2) is 9.91. The third-order valence-electron chi connectivity index (χ3n) is 6.04. The van der Waals surface area contributed by atoms with Gasteiger partial charge in [0.25, 0.3) is 5.69 Å². The SMILES string of the molecule is O=C(c1ccccc1)c1ccc(N(CC(=O)N2CCCC2)C[C@@H]2CCCO2)c([N+](=O)[O-])c1. The quantitative estimate of drug-likeness (QED) is 0.357. The molecule has 2 aliphatic rings. The maximum absolute atomic E-state index is 12.9. The van der Waals surface area contributed by atoms with Gasteiger partial charge < -0.3 is 14.5 Å². The average molecular weight is 437 g/mol. The molecule has 0 unspecified atom stereocenters. The van der Waals surface area contributed by atoms with Gasteiger partial charge in [-0.2, -0.15) is 0 Å². The number of likely N-dealkylation sites (tertiary alicyclic amines) is 1. The van der Waals surface area contributed by atoms with Crippen molar-refractivity contribution in [2.24, 2.45) is 0 Å². The first-order valence-electron chi connectivity index (χ1n) is 11.1. The molecule has 8 nitrogen and oxygen atoms in total. The summed E-state index contributed by atoms with van der Waals surface area (Å²) in [6.07, 6.45) is 3.67. The van der Waals surface area contributed by atoms with E-state index in [0.29, 0.717) is 24.4 Å². The van der Waals surface area contributed by atoms with Gasteiger partial charge in [0.15, 0.2) is 5.78 Å². The predicted octanol–water partition coefficient (Wildman–Crippen LogP) is 3.43. The largest absolute Gasteiger partial charge is 0.376 e. The molecular weight excluding hydrogens is 410 g/mol. The number of rotatable bonds is 8. The molecule has 4 rings (SSSR count). The van der Waals surface area contributed by atoms with Gasteiger partial charge in [-0.25, -0.2) is 0 Å². The van der Waals surface area contributed by atoms with Gasteiger partial charge in [0.2, 0.25) is 5.91 Å². The molecule has 168 valence electrons. The molecule has 2 saturated heterocycles. The van der Waals surface area contributed by atoms with Crippen molar-refractivity contribution >= 4 is 23.1 Å². The van der Waals surface area contributed by atoms with Gasteiger partial charge in [0, 0.05) is 43.4 Å². The Morgan fingerprint density at radius 1 is 1.06 bits per heavy atom. The van der Waals surface area contributed by atoms with Crippen molar-refractivity contribution in [2.45, 2.75) is 31.8 Å². The van der Waals surface area contributed by atoms with Crippen molar-refractivity contribution in [1.29, 1.82) is 0 Å². The van der Waals surface area contributed by atoms with Gasteiger partial charge in [-0.15, -0.1) is 0 Å². The highest BCUT2D eigenvalue weighted by atomic mass is 16.6. The molecule has 8 heteroatoms. The van der Waals surface area contributed by atoms with E-state index in [4.69, 9.17) is 4.74 Å². The lowest BCUT2D eigenvalue weighted by Gasteiger charge is -2.28. The minimum atomic E-state index is -0.486. The van der Waals surface area contributed by atoms with Crippen LogP contribution in [-0.2, 0) is 9.53 Å². The molecule has 2 aromatic carbocycles. The summed E-state index contributed by atoms with van der Waals surface area (Å²) in [5.41, 5.74) is 0.867. The number of nitro benzene ring substituents is 1. The number of carbonyl (C=O) groups is 2. The first-order valence-corrected chi connectivity index (χ1v) is 11.1. The van der Waals surface area contributed by atoms with Crippen LogP contribution in [0.15, 0.2) is 48.5 Å². The lowest BCUT2D eigenvalue weighted by atomic mass is 10.0. The molecule has 2 fully saturated rings. The summed E-state index contributed by atoms with van der Waals surface area (Å²) in [5.74, 6) is -0.321. The zero-order valence-electron chi connectivity index (χ0n) is 17.9. The number of nitro groups is 1. The number of benzene rings is 2. The van der Waals surface area contributed by atoms with Crippen molar-refractivity contribution in [3.63, 3.8) is 0 Å². The number of anilines is 1. The molecule has 0 radical (unpaired) electrons. The Morgan fingerprint density at radius 3 is 2.47 bits per heavy atom. The van der Waals surface area contributed by atoms with Crippen molar-refractivity contribution in [1.82, 2.24) is 4.90 Å². The number of ketones is 1. The molecule has 2 aliphatic heterocycles. The van der Waals surface area contributed by atoms with E-state index in [0.717, 1.165) is 38.8 Å². The van der Waals surface area contributed by atoms with Crippen LogP contribution in [0.4, 0.5) is 11.4 Å². The van der Waals surface area contributed by atoms with Crippen LogP contribution in [0.1, 0.15) is 41.6 Å². The van der Waals surface area contributed by atoms with Crippen molar-refractivity contribution in [2.75, 3.05) is 37.7 Å². The minimum Gasteiger partial charge on any atom is -0.376 e. The number of amides is 1. The minimum absolute atomic E-state index is 0.0424. The van der Waals surface area contributed by atoms with E-state index in [-0.39, 0.29) is 35.6 Å². The Kier molecular flexibility index (Phi) is 6.80. The molecule has 1 atom stereocenters. The average Bonchev–Trinajstić information content (AvgIpc) is 3.53. The number of nitrogens with zero attached hydrogens (tertiary/aromatic N) is 3. The molecule has 0 bridgehead atoms. The van der Waals surface area contributed by atoms with E-state index in [1.165, 1.54) is 6.07 Å². The zero-order chi connectivity index (χ0) is 22.5. The fourth-order valence-corrected chi connectivity index (χ4v) is 4.35. The molecule has 0 N–H and O–H groups in total. The molecule has 1 amide bonds. The van der Waals surface area contributed by atoms with Crippen LogP contribution >= 0.6 is 0 Å². The van der Waals surface area contributed by atoms with Gasteiger partial charge in [-0.3, -0.25) is 19.7 Å². The molecular formula is C24H27N3O5. The highest BCUT2D eigenvalue weighted by molar-refractivity contribution is 6.09. The highest BCUT2D eigenvalue weighted by Crippen LogP contribution is 2.31.